The average Bonchev–Trinajstić information content (AvgIpc) is 2.19. The first kappa shape index (κ1) is 14.7. The average molecular weight is 250 g/mol. The van der Waals surface area contributed by atoms with E-state index >= 15 is 0 Å². The van der Waals surface area contributed by atoms with Gasteiger partial charge in [0.2, 0.25) is 0 Å². The van der Waals surface area contributed by atoms with Crippen LogP contribution in [0.1, 0.15) is 41.5 Å². The van der Waals surface area contributed by atoms with Gasteiger partial charge < -0.3 is 15.4 Å². The minimum absolute atomic E-state index is 0.195. The molecule has 0 aliphatic heterocycles. The molecule has 0 saturated carbocycles. The van der Waals surface area contributed by atoms with E-state index in [9.17, 15) is 0 Å². The highest BCUT2D eigenvalue weighted by Gasteiger charge is 2.08. The molecule has 1 aromatic carbocycles. The summed E-state index contributed by atoms with van der Waals surface area (Å²) in [4.78, 5) is 0. The Morgan fingerprint density at radius 1 is 0.833 bits per heavy atom. The second-order valence-corrected chi connectivity index (χ2v) is 5.47. The molecule has 0 aromatic heterocycles. The molecule has 3 nitrogen and oxygen atoms in total. The summed E-state index contributed by atoms with van der Waals surface area (Å²) in [5.41, 5.74) is 2.21. The van der Waals surface area contributed by atoms with Crippen LogP contribution in [-0.4, -0.2) is 18.2 Å². The van der Waals surface area contributed by atoms with E-state index in [-0.39, 0.29) is 6.10 Å². The Morgan fingerprint density at radius 2 is 1.39 bits per heavy atom. The van der Waals surface area contributed by atoms with Crippen molar-refractivity contribution in [2.45, 2.75) is 59.7 Å². The van der Waals surface area contributed by atoms with E-state index in [0.717, 1.165) is 17.1 Å². The maximum atomic E-state index is 5.73. The third kappa shape index (κ3) is 4.86. The molecule has 0 fully saturated rings. The van der Waals surface area contributed by atoms with Crippen molar-refractivity contribution < 1.29 is 4.74 Å². The second kappa shape index (κ2) is 6.53. The van der Waals surface area contributed by atoms with E-state index in [1.54, 1.807) is 0 Å². The lowest BCUT2D eigenvalue weighted by molar-refractivity contribution is 0.242. The Bertz CT molecular complexity index is 373. The van der Waals surface area contributed by atoms with Crippen molar-refractivity contribution in [1.29, 1.82) is 0 Å². The third-order valence-corrected chi connectivity index (χ3v) is 2.25. The number of hydrogen-bond donors (Lipinski definition) is 2. The van der Waals surface area contributed by atoms with Gasteiger partial charge in [-0.1, -0.05) is 0 Å². The zero-order valence-electron chi connectivity index (χ0n) is 12.4. The van der Waals surface area contributed by atoms with E-state index in [4.69, 9.17) is 4.74 Å². The molecule has 0 radical (unpaired) electrons. The Balaban J connectivity index is 2.96. The molecule has 18 heavy (non-hydrogen) atoms. The van der Waals surface area contributed by atoms with Crippen molar-refractivity contribution in [1.82, 2.24) is 0 Å². The number of nitrogens with one attached hydrogen (secondary N) is 2. The van der Waals surface area contributed by atoms with Crippen LogP contribution in [0.15, 0.2) is 18.2 Å². The monoisotopic (exact) mass is 250 g/mol. The van der Waals surface area contributed by atoms with Crippen molar-refractivity contribution in [2.24, 2.45) is 0 Å². The summed E-state index contributed by atoms with van der Waals surface area (Å²) in [5.74, 6) is 0.905. The molecule has 0 spiro atoms. The molecule has 0 bridgehead atoms. The van der Waals surface area contributed by atoms with Gasteiger partial charge in [0, 0.05) is 18.2 Å². The molecular weight excluding hydrogens is 224 g/mol. The van der Waals surface area contributed by atoms with Crippen molar-refractivity contribution in [3.8, 4) is 5.75 Å². The summed E-state index contributed by atoms with van der Waals surface area (Å²) in [7, 11) is 0. The van der Waals surface area contributed by atoms with Gasteiger partial charge in [0.05, 0.1) is 17.5 Å². The SMILES string of the molecule is CC(C)Nc1ccc(OC(C)C)cc1NC(C)C. The molecule has 0 amide bonds. The molecule has 0 aliphatic rings. The van der Waals surface area contributed by atoms with Gasteiger partial charge in [0.1, 0.15) is 5.75 Å². The lowest BCUT2D eigenvalue weighted by atomic mass is 10.2. The molecular formula is C15H26N2O. The summed E-state index contributed by atoms with van der Waals surface area (Å²) < 4.78 is 5.73. The smallest absolute Gasteiger partial charge is 0.121 e. The van der Waals surface area contributed by atoms with Gasteiger partial charge in [-0.15, -0.1) is 0 Å². The number of ether oxygens (including phenoxy) is 1. The highest BCUT2D eigenvalue weighted by molar-refractivity contribution is 5.71. The normalized spacial score (nSPS) is 11.2. The largest absolute Gasteiger partial charge is 0.491 e. The van der Waals surface area contributed by atoms with E-state index in [2.05, 4.69) is 50.5 Å². The van der Waals surface area contributed by atoms with Crippen molar-refractivity contribution in [3.63, 3.8) is 0 Å². The quantitative estimate of drug-likeness (QED) is 0.797. The Morgan fingerprint density at radius 3 is 1.89 bits per heavy atom. The van der Waals surface area contributed by atoms with Crippen LogP contribution in [0, 0.1) is 0 Å². The summed E-state index contributed by atoms with van der Waals surface area (Å²) in [6.45, 7) is 12.6. The van der Waals surface area contributed by atoms with Gasteiger partial charge in [0.15, 0.2) is 0 Å². The standard InChI is InChI=1S/C15H26N2O/c1-10(2)16-14-8-7-13(18-12(5)6)9-15(14)17-11(3)4/h7-12,16-17H,1-6H3. The van der Waals surface area contributed by atoms with Gasteiger partial charge in [-0.25, -0.2) is 0 Å². The van der Waals surface area contributed by atoms with Crippen LogP contribution in [0.5, 0.6) is 5.75 Å². The van der Waals surface area contributed by atoms with Gasteiger partial charge in [-0.3, -0.25) is 0 Å². The first-order valence-electron chi connectivity index (χ1n) is 6.72. The molecule has 0 atom stereocenters. The van der Waals surface area contributed by atoms with Gasteiger partial charge in [-0.2, -0.15) is 0 Å². The molecule has 2 N–H and O–H groups in total. The van der Waals surface area contributed by atoms with E-state index in [1.807, 2.05) is 19.9 Å². The fourth-order valence-corrected chi connectivity index (χ4v) is 1.74. The highest BCUT2D eigenvalue weighted by atomic mass is 16.5. The van der Waals surface area contributed by atoms with Crippen LogP contribution in [0.3, 0.4) is 0 Å². The van der Waals surface area contributed by atoms with Crippen LogP contribution in [0.25, 0.3) is 0 Å². The minimum Gasteiger partial charge on any atom is -0.491 e. The zero-order valence-corrected chi connectivity index (χ0v) is 12.4. The van der Waals surface area contributed by atoms with Crippen LogP contribution < -0.4 is 15.4 Å². The summed E-state index contributed by atoms with van der Waals surface area (Å²) >= 11 is 0. The number of hydrogen-bond acceptors (Lipinski definition) is 3. The first-order valence-corrected chi connectivity index (χ1v) is 6.72. The zero-order chi connectivity index (χ0) is 13.7. The molecule has 102 valence electrons. The van der Waals surface area contributed by atoms with E-state index in [0.29, 0.717) is 12.1 Å². The molecule has 1 aromatic rings. The lowest BCUT2D eigenvalue weighted by Gasteiger charge is -2.20. The fourth-order valence-electron chi connectivity index (χ4n) is 1.74. The Kier molecular flexibility index (Phi) is 5.32. The lowest BCUT2D eigenvalue weighted by Crippen LogP contribution is -2.16. The maximum Gasteiger partial charge on any atom is 0.121 e. The summed E-state index contributed by atoms with van der Waals surface area (Å²) in [6.07, 6.45) is 0.195. The molecule has 0 saturated heterocycles. The maximum absolute atomic E-state index is 5.73. The third-order valence-electron chi connectivity index (χ3n) is 2.25. The van der Waals surface area contributed by atoms with Gasteiger partial charge >= 0.3 is 0 Å². The van der Waals surface area contributed by atoms with Crippen LogP contribution in [0.2, 0.25) is 0 Å². The van der Waals surface area contributed by atoms with Gasteiger partial charge in [0.25, 0.3) is 0 Å². The summed E-state index contributed by atoms with van der Waals surface area (Å²) in [6, 6.07) is 6.95. The fraction of sp³-hybridized carbons (Fsp3) is 0.600. The molecule has 0 heterocycles. The molecule has 0 aliphatic carbocycles. The predicted molar refractivity (Wildman–Crippen MR) is 79.7 cm³/mol. The van der Waals surface area contributed by atoms with E-state index < -0.39 is 0 Å². The van der Waals surface area contributed by atoms with Crippen LogP contribution >= 0.6 is 0 Å². The molecule has 1 rings (SSSR count). The van der Waals surface area contributed by atoms with Crippen molar-refractivity contribution in [3.05, 3.63) is 18.2 Å². The second-order valence-electron chi connectivity index (χ2n) is 5.47. The van der Waals surface area contributed by atoms with Crippen LogP contribution in [-0.2, 0) is 0 Å². The van der Waals surface area contributed by atoms with Gasteiger partial charge in [-0.05, 0) is 53.7 Å². The van der Waals surface area contributed by atoms with Crippen LogP contribution in [0.4, 0.5) is 11.4 Å². The number of anilines is 2. The topological polar surface area (TPSA) is 33.3 Å². The highest BCUT2D eigenvalue weighted by Crippen LogP contribution is 2.28. The first-order chi connectivity index (χ1) is 8.38. The van der Waals surface area contributed by atoms with Crippen molar-refractivity contribution in [2.75, 3.05) is 10.6 Å². The Hall–Kier alpha value is -1.38. The Labute approximate surface area is 111 Å². The number of rotatable bonds is 6. The molecule has 3 heteroatoms. The summed E-state index contributed by atoms with van der Waals surface area (Å²) in [5, 5.41) is 6.89. The molecule has 0 unspecified atom stereocenters. The van der Waals surface area contributed by atoms with Crippen molar-refractivity contribution >= 4 is 11.4 Å². The van der Waals surface area contributed by atoms with E-state index in [1.165, 1.54) is 0 Å². The predicted octanol–water partition coefficient (Wildman–Crippen LogP) is 4.11. The number of benzene rings is 1. The minimum atomic E-state index is 0.195.